The Morgan fingerprint density at radius 1 is 0.667 bits per heavy atom. The van der Waals surface area contributed by atoms with Crippen molar-refractivity contribution < 1.29 is 0 Å². The highest BCUT2D eigenvalue weighted by molar-refractivity contribution is 8.00. The van der Waals surface area contributed by atoms with Crippen LogP contribution in [0.15, 0.2) is 60.7 Å². The van der Waals surface area contributed by atoms with Crippen LogP contribution in [0.4, 0.5) is 0 Å². The molecule has 0 aliphatic heterocycles. The molecule has 0 N–H and O–H groups in total. The predicted octanol–water partition coefficient (Wildman–Crippen LogP) is 5.42. The van der Waals surface area contributed by atoms with E-state index in [9.17, 15) is 0 Å². The molecular weight excluding hydrogens is 319 g/mol. The molecule has 2 atom stereocenters. The highest BCUT2D eigenvalue weighted by atomic mass is 35.5. The third-order valence-electron chi connectivity index (χ3n) is 3.34. The maximum Gasteiger partial charge on any atom is 0.0346 e. The maximum atomic E-state index is 6.16. The maximum absolute atomic E-state index is 6.16. The second-order valence-electron chi connectivity index (χ2n) is 5.07. The molecule has 2 unspecified atom stereocenters. The zero-order chi connectivity index (χ0) is 14.9. The monoisotopic (exact) mass is 338 g/mol. The van der Waals surface area contributed by atoms with Crippen molar-refractivity contribution in [1.82, 2.24) is 0 Å². The number of hydrogen-bond acceptors (Lipinski definition) is 1. The van der Waals surface area contributed by atoms with Crippen LogP contribution < -0.4 is 0 Å². The standard InChI is InChI=1S/C18H20Cl2S/c19-13-17(11-15-7-3-1-4-8-15)21-18(14-20)12-16-9-5-2-6-10-16/h1-10,17-18H,11-14H2. The zero-order valence-electron chi connectivity index (χ0n) is 11.9. The third kappa shape index (κ3) is 5.94. The first-order chi connectivity index (χ1) is 10.3. The zero-order valence-corrected chi connectivity index (χ0v) is 14.2. The fourth-order valence-corrected chi connectivity index (χ4v) is 4.23. The summed E-state index contributed by atoms with van der Waals surface area (Å²) in [7, 11) is 0. The van der Waals surface area contributed by atoms with E-state index in [1.165, 1.54) is 11.1 Å². The molecule has 0 aromatic heterocycles. The van der Waals surface area contributed by atoms with Crippen LogP contribution in [0.1, 0.15) is 11.1 Å². The van der Waals surface area contributed by atoms with Crippen molar-refractivity contribution in [2.75, 3.05) is 11.8 Å². The first-order valence-corrected chi connectivity index (χ1v) is 9.18. The van der Waals surface area contributed by atoms with Crippen molar-refractivity contribution in [3.05, 3.63) is 71.8 Å². The molecule has 0 radical (unpaired) electrons. The third-order valence-corrected chi connectivity index (χ3v) is 5.89. The van der Waals surface area contributed by atoms with Crippen molar-refractivity contribution >= 4 is 35.0 Å². The van der Waals surface area contributed by atoms with E-state index < -0.39 is 0 Å². The fraction of sp³-hybridized carbons (Fsp3) is 0.333. The second kappa shape index (κ2) is 9.40. The Hall–Kier alpha value is -0.630. The van der Waals surface area contributed by atoms with E-state index in [-0.39, 0.29) is 0 Å². The van der Waals surface area contributed by atoms with Gasteiger partial charge >= 0.3 is 0 Å². The Labute approximate surface area is 141 Å². The summed E-state index contributed by atoms with van der Waals surface area (Å²) in [4.78, 5) is 0. The second-order valence-corrected chi connectivity index (χ2v) is 7.29. The first-order valence-electron chi connectivity index (χ1n) is 7.17. The lowest BCUT2D eigenvalue weighted by Gasteiger charge is -2.20. The van der Waals surface area contributed by atoms with Crippen molar-refractivity contribution in [2.45, 2.75) is 23.3 Å². The van der Waals surface area contributed by atoms with Gasteiger partial charge in [0.15, 0.2) is 0 Å². The smallest absolute Gasteiger partial charge is 0.0346 e. The van der Waals surface area contributed by atoms with Gasteiger partial charge < -0.3 is 0 Å². The fourth-order valence-electron chi connectivity index (χ4n) is 2.30. The molecule has 0 aliphatic carbocycles. The van der Waals surface area contributed by atoms with Crippen LogP contribution in [-0.4, -0.2) is 22.3 Å². The number of halogens is 2. The van der Waals surface area contributed by atoms with Gasteiger partial charge in [0.25, 0.3) is 0 Å². The summed E-state index contributed by atoms with van der Waals surface area (Å²) in [5.41, 5.74) is 2.67. The quantitative estimate of drug-likeness (QED) is 0.579. The van der Waals surface area contributed by atoms with Crippen LogP contribution in [-0.2, 0) is 12.8 Å². The van der Waals surface area contributed by atoms with Gasteiger partial charge in [0.2, 0.25) is 0 Å². The lowest BCUT2D eigenvalue weighted by atomic mass is 10.1. The molecule has 112 valence electrons. The molecule has 0 bridgehead atoms. The summed E-state index contributed by atoms with van der Waals surface area (Å²) < 4.78 is 0. The summed E-state index contributed by atoms with van der Waals surface area (Å²) in [5, 5.41) is 0.808. The molecule has 0 amide bonds. The lowest BCUT2D eigenvalue weighted by Crippen LogP contribution is -2.18. The van der Waals surface area contributed by atoms with Crippen molar-refractivity contribution in [3.8, 4) is 0 Å². The number of hydrogen-bond donors (Lipinski definition) is 0. The molecule has 0 saturated carbocycles. The topological polar surface area (TPSA) is 0 Å². The van der Waals surface area contributed by atoms with E-state index in [4.69, 9.17) is 23.2 Å². The molecule has 0 aliphatic rings. The van der Waals surface area contributed by atoms with E-state index in [0.29, 0.717) is 22.3 Å². The minimum atomic E-state index is 0.404. The molecule has 3 heteroatoms. The molecule has 2 aromatic rings. The van der Waals surface area contributed by atoms with E-state index >= 15 is 0 Å². The number of benzene rings is 2. The molecule has 0 heterocycles. The van der Waals surface area contributed by atoms with Gasteiger partial charge in [0.1, 0.15) is 0 Å². The summed E-state index contributed by atoms with van der Waals surface area (Å²) in [6, 6.07) is 21.0. The Morgan fingerprint density at radius 3 is 1.38 bits per heavy atom. The van der Waals surface area contributed by atoms with Crippen LogP contribution in [0.3, 0.4) is 0 Å². The van der Waals surface area contributed by atoms with Crippen LogP contribution in [0.2, 0.25) is 0 Å². The van der Waals surface area contributed by atoms with Gasteiger partial charge in [0, 0.05) is 22.3 Å². The van der Waals surface area contributed by atoms with Crippen LogP contribution in [0.25, 0.3) is 0 Å². The summed E-state index contributed by atoms with van der Waals surface area (Å²) in [5.74, 6) is 1.31. The normalized spacial score (nSPS) is 13.8. The Bertz CT molecular complexity index is 454. The van der Waals surface area contributed by atoms with Gasteiger partial charge in [-0.3, -0.25) is 0 Å². The average molecular weight is 339 g/mol. The van der Waals surface area contributed by atoms with Gasteiger partial charge in [-0.1, -0.05) is 60.7 Å². The Morgan fingerprint density at radius 2 is 1.05 bits per heavy atom. The van der Waals surface area contributed by atoms with Crippen LogP contribution >= 0.6 is 35.0 Å². The molecule has 0 saturated heterocycles. The molecule has 0 nitrogen and oxygen atoms in total. The van der Waals surface area contributed by atoms with Crippen molar-refractivity contribution in [1.29, 1.82) is 0 Å². The number of alkyl halides is 2. The summed E-state index contributed by atoms with van der Waals surface area (Å²) in [6.07, 6.45) is 1.99. The number of rotatable bonds is 8. The van der Waals surface area contributed by atoms with Crippen molar-refractivity contribution in [3.63, 3.8) is 0 Å². The summed E-state index contributed by atoms with van der Waals surface area (Å²) in [6.45, 7) is 0. The van der Waals surface area contributed by atoms with Gasteiger partial charge in [-0.05, 0) is 24.0 Å². The molecule has 21 heavy (non-hydrogen) atoms. The molecule has 0 fully saturated rings. The van der Waals surface area contributed by atoms with Gasteiger partial charge in [-0.25, -0.2) is 0 Å². The van der Waals surface area contributed by atoms with Gasteiger partial charge in [-0.2, -0.15) is 11.8 Å². The average Bonchev–Trinajstić information content (AvgIpc) is 2.55. The molecule has 2 aromatic carbocycles. The molecule has 0 spiro atoms. The van der Waals surface area contributed by atoms with Crippen LogP contribution in [0.5, 0.6) is 0 Å². The predicted molar refractivity (Wildman–Crippen MR) is 96.9 cm³/mol. The highest BCUT2D eigenvalue weighted by Gasteiger charge is 2.17. The Balaban J connectivity index is 1.92. The Kier molecular flexibility index (Phi) is 7.49. The number of thioether (sulfide) groups is 1. The van der Waals surface area contributed by atoms with Gasteiger partial charge in [-0.15, -0.1) is 23.2 Å². The first kappa shape index (κ1) is 16.7. The molecular formula is C18H20Cl2S. The van der Waals surface area contributed by atoms with E-state index in [1.54, 1.807) is 0 Å². The van der Waals surface area contributed by atoms with Crippen LogP contribution in [0, 0.1) is 0 Å². The highest BCUT2D eigenvalue weighted by Crippen LogP contribution is 2.26. The summed E-state index contributed by atoms with van der Waals surface area (Å²) >= 11 is 14.2. The largest absolute Gasteiger partial charge is 0.152 e. The van der Waals surface area contributed by atoms with E-state index in [0.717, 1.165) is 12.8 Å². The minimum absolute atomic E-state index is 0.404. The van der Waals surface area contributed by atoms with E-state index in [1.807, 2.05) is 23.9 Å². The molecule has 2 rings (SSSR count). The lowest BCUT2D eigenvalue weighted by molar-refractivity contribution is 0.902. The van der Waals surface area contributed by atoms with Gasteiger partial charge in [0.05, 0.1) is 0 Å². The van der Waals surface area contributed by atoms with Crippen molar-refractivity contribution in [2.24, 2.45) is 0 Å². The SMILES string of the molecule is ClCC(Cc1ccccc1)SC(CCl)Cc1ccccc1. The minimum Gasteiger partial charge on any atom is -0.152 e. The van der Waals surface area contributed by atoms with E-state index in [2.05, 4.69) is 48.5 Å².